The van der Waals surface area contributed by atoms with Gasteiger partial charge in [0.2, 0.25) is 0 Å². The van der Waals surface area contributed by atoms with Crippen LogP contribution in [0.1, 0.15) is 49.7 Å². The zero-order valence-electron chi connectivity index (χ0n) is 18.5. The number of likely N-dealkylation sites (tertiary alicyclic amines) is 1. The van der Waals surface area contributed by atoms with Crippen molar-refractivity contribution in [2.24, 2.45) is 5.92 Å². The topological polar surface area (TPSA) is 65.5 Å². The molecule has 3 heterocycles. The summed E-state index contributed by atoms with van der Waals surface area (Å²) in [5.41, 5.74) is 0.852. The van der Waals surface area contributed by atoms with Crippen LogP contribution in [-0.2, 0) is 10.3 Å². The number of para-hydroxylation sites is 1. The lowest BCUT2D eigenvalue weighted by Crippen LogP contribution is -2.46. The van der Waals surface area contributed by atoms with E-state index in [9.17, 15) is 9.59 Å². The Morgan fingerprint density at radius 3 is 2.62 bits per heavy atom. The number of nitrogens with one attached hydrogen (secondary N) is 1. The summed E-state index contributed by atoms with van der Waals surface area (Å²) in [5.74, 6) is 0.0963. The number of imide groups is 1. The highest BCUT2D eigenvalue weighted by Gasteiger charge is 2.53. The molecule has 32 heavy (non-hydrogen) atoms. The first kappa shape index (κ1) is 21.1. The van der Waals surface area contributed by atoms with Crippen molar-refractivity contribution in [3.8, 4) is 0 Å². The van der Waals surface area contributed by atoms with Crippen molar-refractivity contribution < 1.29 is 9.59 Å². The molecular weight excluding hydrogens is 420 g/mol. The van der Waals surface area contributed by atoms with Gasteiger partial charge >= 0.3 is 6.03 Å². The maximum Gasteiger partial charge on any atom is 0.326 e. The minimum atomic E-state index is -1.00. The molecule has 2 fully saturated rings. The number of amides is 3. The average molecular weight is 449 g/mol. The molecular formula is C25H28N4O2S. The molecule has 0 bridgehead atoms. The van der Waals surface area contributed by atoms with Gasteiger partial charge in [-0.25, -0.2) is 14.7 Å². The molecule has 1 aromatic heterocycles. The van der Waals surface area contributed by atoms with E-state index < -0.39 is 5.54 Å². The third-order valence-electron chi connectivity index (χ3n) is 6.44. The van der Waals surface area contributed by atoms with Crippen LogP contribution < -0.4 is 5.32 Å². The van der Waals surface area contributed by atoms with Gasteiger partial charge in [-0.3, -0.25) is 9.69 Å². The second-order valence-corrected chi connectivity index (χ2v) is 10.2. The Labute approximate surface area is 192 Å². The predicted molar refractivity (Wildman–Crippen MR) is 126 cm³/mol. The monoisotopic (exact) mass is 448 g/mol. The van der Waals surface area contributed by atoms with Gasteiger partial charge in [-0.05, 0) is 42.9 Å². The van der Waals surface area contributed by atoms with E-state index >= 15 is 0 Å². The van der Waals surface area contributed by atoms with Crippen LogP contribution in [0.3, 0.4) is 0 Å². The summed E-state index contributed by atoms with van der Waals surface area (Å²) in [5, 5.41) is 4.12. The van der Waals surface area contributed by atoms with E-state index in [1.54, 1.807) is 11.3 Å². The number of hydrogen-bond donors (Lipinski definition) is 1. The highest BCUT2D eigenvalue weighted by atomic mass is 32.1. The molecule has 2 aromatic carbocycles. The normalized spacial score (nSPS) is 24.1. The molecule has 5 rings (SSSR count). The number of fused-ring (bicyclic) bond motifs is 1. The van der Waals surface area contributed by atoms with Crippen LogP contribution in [-0.4, -0.2) is 39.9 Å². The summed E-state index contributed by atoms with van der Waals surface area (Å²) in [6, 6.07) is 17.6. The van der Waals surface area contributed by atoms with Gasteiger partial charge in [-0.1, -0.05) is 56.3 Å². The Balaban J connectivity index is 1.42. The Morgan fingerprint density at radius 2 is 1.88 bits per heavy atom. The summed E-state index contributed by atoms with van der Waals surface area (Å²) >= 11 is 1.71. The van der Waals surface area contributed by atoms with E-state index in [0.717, 1.165) is 35.5 Å². The Hall–Kier alpha value is -2.77. The number of hydrogen-bond acceptors (Lipinski definition) is 5. The van der Waals surface area contributed by atoms with E-state index in [1.807, 2.05) is 48.5 Å². The van der Waals surface area contributed by atoms with Crippen LogP contribution in [0, 0.1) is 5.92 Å². The van der Waals surface area contributed by atoms with Crippen molar-refractivity contribution in [3.63, 3.8) is 0 Å². The molecule has 7 heteroatoms. The average Bonchev–Trinajstić information content (AvgIpc) is 3.47. The van der Waals surface area contributed by atoms with Crippen LogP contribution in [0.15, 0.2) is 54.6 Å². The maximum atomic E-state index is 13.7. The lowest BCUT2D eigenvalue weighted by Gasteiger charge is -2.30. The number of benzene rings is 2. The molecule has 0 radical (unpaired) electrons. The molecule has 6 nitrogen and oxygen atoms in total. The van der Waals surface area contributed by atoms with Crippen LogP contribution in [0.2, 0.25) is 0 Å². The molecule has 2 atom stereocenters. The van der Waals surface area contributed by atoms with Gasteiger partial charge < -0.3 is 5.32 Å². The highest BCUT2D eigenvalue weighted by Crippen LogP contribution is 2.39. The molecule has 166 valence electrons. The Morgan fingerprint density at radius 1 is 1.12 bits per heavy atom. The molecule has 1 N–H and O–H groups in total. The van der Waals surface area contributed by atoms with Gasteiger partial charge in [0.15, 0.2) is 0 Å². The van der Waals surface area contributed by atoms with E-state index in [4.69, 9.17) is 4.98 Å². The molecule has 3 aromatic rings. The number of aromatic nitrogens is 1. The van der Waals surface area contributed by atoms with Crippen molar-refractivity contribution in [1.29, 1.82) is 0 Å². The summed E-state index contributed by atoms with van der Waals surface area (Å²) in [6.07, 6.45) is 2.58. The fourth-order valence-corrected chi connectivity index (χ4v) is 6.17. The molecule has 0 spiro atoms. The molecule has 2 saturated heterocycles. The largest absolute Gasteiger partial charge is 0.326 e. The Kier molecular flexibility index (Phi) is 5.47. The number of carbonyl (C=O) groups excluding carboxylic acids is 2. The van der Waals surface area contributed by atoms with Gasteiger partial charge in [0.1, 0.15) is 10.5 Å². The fraction of sp³-hybridized carbons (Fsp3) is 0.400. The number of urea groups is 1. The standard InChI is InChI=1S/C25H28N4O2S/c1-17(2)15-25(18-9-4-3-5-10-18)23(30)29(24(31)27-25)16-28-14-8-12-20(28)22-26-19-11-6-7-13-21(19)32-22/h3-7,9-11,13,17,20H,8,12,14-16H2,1-2H3,(H,27,31). The third kappa shape index (κ3) is 3.59. The zero-order chi connectivity index (χ0) is 22.3. The van der Waals surface area contributed by atoms with Crippen LogP contribution >= 0.6 is 11.3 Å². The molecule has 0 saturated carbocycles. The van der Waals surface area contributed by atoms with Gasteiger partial charge in [0.05, 0.1) is 22.9 Å². The number of rotatable bonds is 6. The minimum Gasteiger partial charge on any atom is -0.319 e. The van der Waals surface area contributed by atoms with Crippen molar-refractivity contribution in [3.05, 3.63) is 65.2 Å². The number of carbonyl (C=O) groups is 2. The zero-order valence-corrected chi connectivity index (χ0v) is 19.3. The van der Waals surface area contributed by atoms with Gasteiger partial charge in [0.25, 0.3) is 5.91 Å². The van der Waals surface area contributed by atoms with Gasteiger partial charge in [-0.15, -0.1) is 11.3 Å². The summed E-state index contributed by atoms with van der Waals surface area (Å²) in [7, 11) is 0. The predicted octanol–water partition coefficient (Wildman–Crippen LogP) is 4.88. The first-order chi connectivity index (χ1) is 15.5. The Bertz CT molecular complexity index is 1110. The maximum absolute atomic E-state index is 13.7. The van der Waals surface area contributed by atoms with Crippen molar-refractivity contribution in [1.82, 2.24) is 20.1 Å². The van der Waals surface area contributed by atoms with Crippen LogP contribution in [0.5, 0.6) is 0 Å². The molecule has 0 aliphatic carbocycles. The summed E-state index contributed by atoms with van der Waals surface area (Å²) in [4.78, 5) is 35.3. The third-order valence-corrected chi connectivity index (χ3v) is 7.58. The molecule has 3 amide bonds. The van der Waals surface area contributed by atoms with Crippen LogP contribution in [0.4, 0.5) is 4.79 Å². The van der Waals surface area contributed by atoms with Crippen LogP contribution in [0.25, 0.3) is 10.2 Å². The van der Waals surface area contributed by atoms with Crippen molar-refractivity contribution in [2.45, 2.75) is 44.7 Å². The lowest BCUT2D eigenvalue weighted by atomic mass is 9.82. The second-order valence-electron chi connectivity index (χ2n) is 9.16. The van der Waals surface area contributed by atoms with E-state index in [1.165, 1.54) is 9.60 Å². The van der Waals surface area contributed by atoms with Crippen molar-refractivity contribution in [2.75, 3.05) is 13.2 Å². The first-order valence-electron chi connectivity index (χ1n) is 11.3. The van der Waals surface area contributed by atoms with Gasteiger partial charge in [0, 0.05) is 6.54 Å². The van der Waals surface area contributed by atoms with E-state index in [-0.39, 0.29) is 30.6 Å². The van der Waals surface area contributed by atoms with Gasteiger partial charge in [-0.2, -0.15) is 0 Å². The minimum absolute atomic E-state index is 0.129. The number of nitrogens with zero attached hydrogens (tertiary/aromatic N) is 3. The highest BCUT2D eigenvalue weighted by molar-refractivity contribution is 7.18. The first-order valence-corrected chi connectivity index (χ1v) is 12.1. The lowest BCUT2D eigenvalue weighted by molar-refractivity contribution is -0.133. The van der Waals surface area contributed by atoms with E-state index in [2.05, 4.69) is 30.1 Å². The SMILES string of the molecule is CC(C)CC1(c2ccccc2)NC(=O)N(CN2CCCC2c2nc3ccccc3s2)C1=O. The smallest absolute Gasteiger partial charge is 0.319 e. The second kappa shape index (κ2) is 8.30. The van der Waals surface area contributed by atoms with E-state index in [0.29, 0.717) is 6.42 Å². The molecule has 2 aliphatic heterocycles. The van der Waals surface area contributed by atoms with Crippen molar-refractivity contribution >= 4 is 33.5 Å². The molecule has 2 aliphatic rings. The number of thiazole rings is 1. The quantitative estimate of drug-likeness (QED) is 0.546. The summed E-state index contributed by atoms with van der Waals surface area (Å²) in [6.45, 7) is 5.30. The fourth-order valence-electron chi connectivity index (χ4n) is 5.03. The summed E-state index contributed by atoms with van der Waals surface area (Å²) < 4.78 is 1.17. The molecule has 2 unspecified atom stereocenters.